The normalized spacial score (nSPS) is 13.2. The van der Waals surface area contributed by atoms with Crippen LogP contribution in [0.15, 0.2) is 36.7 Å². The van der Waals surface area contributed by atoms with Crippen LogP contribution in [0.4, 0.5) is 5.69 Å². The number of amides is 2. The van der Waals surface area contributed by atoms with E-state index in [1.807, 2.05) is 0 Å². The summed E-state index contributed by atoms with van der Waals surface area (Å²) in [5, 5.41) is 28.4. The van der Waals surface area contributed by atoms with Gasteiger partial charge in [0.2, 0.25) is 6.20 Å². The van der Waals surface area contributed by atoms with Crippen molar-refractivity contribution < 1.29 is 24.5 Å². The summed E-state index contributed by atoms with van der Waals surface area (Å²) < 4.78 is 1.67. The molecule has 0 saturated heterocycles. The lowest BCUT2D eigenvalue weighted by atomic mass is 10.1. The molecule has 1 aromatic carbocycles. The predicted octanol–water partition coefficient (Wildman–Crippen LogP) is -1.57. The van der Waals surface area contributed by atoms with Crippen LogP contribution in [0.25, 0.3) is 5.69 Å². The van der Waals surface area contributed by atoms with Crippen LogP contribution < -0.4 is 10.00 Å². The van der Waals surface area contributed by atoms with Crippen LogP contribution in [-0.4, -0.2) is 63.5 Å². The third-order valence-electron chi connectivity index (χ3n) is 3.13. The maximum Gasteiger partial charge on any atom is 0.256 e. The molecular formula is C14H18N5O4+. The van der Waals surface area contributed by atoms with Crippen molar-refractivity contribution in [1.82, 2.24) is 15.2 Å². The lowest BCUT2D eigenvalue weighted by Crippen LogP contribution is -2.47. The Morgan fingerprint density at radius 2 is 1.87 bits per heavy atom. The molecule has 2 aromatic rings. The number of anilines is 1. The van der Waals surface area contributed by atoms with E-state index < -0.39 is 24.0 Å². The number of rotatable bonds is 5. The first-order valence-electron chi connectivity index (χ1n) is 6.80. The van der Waals surface area contributed by atoms with Crippen LogP contribution in [-0.2, 0) is 9.59 Å². The van der Waals surface area contributed by atoms with Crippen molar-refractivity contribution in [3.05, 3.63) is 36.7 Å². The fourth-order valence-electron chi connectivity index (χ4n) is 1.84. The molecule has 0 bridgehead atoms. The summed E-state index contributed by atoms with van der Waals surface area (Å²) in [6.07, 6.45) is -0.355. The maximum atomic E-state index is 11.9. The van der Waals surface area contributed by atoms with E-state index in [2.05, 4.69) is 15.6 Å². The SMILES string of the molecule is CN(C)C(=O)[C@H](O)[C@@H](O)C(=O)Nc1ccc(-[n+]2ccn[nH]2)cc1. The highest BCUT2D eigenvalue weighted by Gasteiger charge is 2.31. The Kier molecular flexibility index (Phi) is 5.04. The van der Waals surface area contributed by atoms with Crippen molar-refractivity contribution in [1.29, 1.82) is 0 Å². The molecule has 122 valence electrons. The largest absolute Gasteiger partial charge is 0.380 e. The first kappa shape index (κ1) is 16.6. The topological polar surface area (TPSA) is 122 Å². The van der Waals surface area contributed by atoms with Gasteiger partial charge in [-0.1, -0.05) is 5.21 Å². The van der Waals surface area contributed by atoms with E-state index >= 15 is 0 Å². The molecule has 9 nitrogen and oxygen atoms in total. The van der Waals surface area contributed by atoms with Gasteiger partial charge in [0.05, 0.1) is 0 Å². The summed E-state index contributed by atoms with van der Waals surface area (Å²) in [6.45, 7) is 0. The van der Waals surface area contributed by atoms with Crippen molar-refractivity contribution >= 4 is 17.5 Å². The number of aliphatic hydroxyl groups is 2. The molecule has 4 N–H and O–H groups in total. The van der Waals surface area contributed by atoms with Gasteiger partial charge in [-0.15, -0.1) is 4.68 Å². The number of aliphatic hydroxyl groups excluding tert-OH is 2. The molecule has 1 aromatic heterocycles. The van der Waals surface area contributed by atoms with Gasteiger partial charge in [-0.3, -0.25) is 9.59 Å². The van der Waals surface area contributed by atoms with Gasteiger partial charge in [0.15, 0.2) is 24.1 Å². The van der Waals surface area contributed by atoms with E-state index in [-0.39, 0.29) is 0 Å². The molecule has 0 fully saturated rings. The first-order valence-corrected chi connectivity index (χ1v) is 6.80. The Labute approximate surface area is 132 Å². The van der Waals surface area contributed by atoms with Crippen molar-refractivity contribution in [2.75, 3.05) is 19.4 Å². The number of benzene rings is 1. The molecular weight excluding hydrogens is 302 g/mol. The van der Waals surface area contributed by atoms with E-state index in [0.29, 0.717) is 5.69 Å². The number of carbonyl (C=O) groups is 2. The third kappa shape index (κ3) is 3.90. The second-order valence-electron chi connectivity index (χ2n) is 5.06. The molecule has 0 aliphatic heterocycles. The number of hydrogen-bond acceptors (Lipinski definition) is 5. The highest BCUT2D eigenvalue weighted by Crippen LogP contribution is 2.10. The Bertz CT molecular complexity index is 669. The fraction of sp³-hybridized carbons (Fsp3) is 0.286. The van der Waals surface area contributed by atoms with Gasteiger partial charge in [0.25, 0.3) is 11.8 Å². The summed E-state index contributed by atoms with van der Waals surface area (Å²) in [6, 6.07) is 6.69. The van der Waals surface area contributed by atoms with E-state index in [0.717, 1.165) is 10.6 Å². The number of nitrogens with one attached hydrogen (secondary N) is 2. The van der Waals surface area contributed by atoms with Gasteiger partial charge in [0.1, 0.15) is 0 Å². The molecule has 2 rings (SSSR count). The van der Waals surface area contributed by atoms with E-state index in [4.69, 9.17) is 0 Å². The minimum Gasteiger partial charge on any atom is -0.380 e. The zero-order valence-electron chi connectivity index (χ0n) is 12.7. The molecule has 23 heavy (non-hydrogen) atoms. The molecule has 0 saturated carbocycles. The summed E-state index contributed by atoms with van der Waals surface area (Å²) in [5.74, 6) is -1.62. The van der Waals surface area contributed by atoms with E-state index in [1.54, 1.807) is 41.3 Å². The average molecular weight is 320 g/mol. The Hall–Kier alpha value is -2.78. The second-order valence-corrected chi connectivity index (χ2v) is 5.06. The molecule has 0 unspecified atom stereocenters. The standard InChI is InChI=1S/C14H17N5O4/c1-18(2)14(23)12(21)11(20)13(22)16-9-3-5-10(6-4-9)19-8-7-15-17-19/h3-8,11-12,20-21H,1-2H3,(H,16,22)/p+1/t11-,12-/m1/s1. The lowest BCUT2D eigenvalue weighted by molar-refractivity contribution is -0.659. The Balaban J connectivity index is 2.01. The van der Waals surface area contributed by atoms with Gasteiger partial charge in [-0.25, -0.2) is 0 Å². The molecule has 1 heterocycles. The number of aromatic nitrogens is 3. The number of aromatic amines is 1. The quantitative estimate of drug-likeness (QED) is 0.496. The molecule has 2 atom stereocenters. The van der Waals surface area contributed by atoms with Crippen molar-refractivity contribution in [2.45, 2.75) is 12.2 Å². The van der Waals surface area contributed by atoms with Crippen LogP contribution in [0.3, 0.4) is 0 Å². The van der Waals surface area contributed by atoms with Gasteiger partial charge in [-0.2, -0.15) is 0 Å². The van der Waals surface area contributed by atoms with Gasteiger partial charge < -0.3 is 20.4 Å². The molecule has 2 amide bonds. The van der Waals surface area contributed by atoms with Crippen molar-refractivity contribution in [3.63, 3.8) is 0 Å². The molecule has 0 radical (unpaired) electrons. The number of H-pyrrole nitrogens is 1. The van der Waals surface area contributed by atoms with Gasteiger partial charge in [-0.05, 0) is 24.3 Å². The zero-order valence-corrected chi connectivity index (χ0v) is 12.7. The number of nitrogens with zero attached hydrogens (tertiary/aromatic N) is 3. The minimum atomic E-state index is -1.86. The van der Waals surface area contributed by atoms with Crippen molar-refractivity contribution in [3.8, 4) is 5.69 Å². The predicted molar refractivity (Wildman–Crippen MR) is 79.5 cm³/mol. The monoisotopic (exact) mass is 320 g/mol. The summed E-state index contributed by atoms with van der Waals surface area (Å²) in [5.41, 5.74) is 1.21. The van der Waals surface area contributed by atoms with Crippen molar-refractivity contribution in [2.24, 2.45) is 0 Å². The van der Waals surface area contributed by atoms with Crippen LogP contribution in [0.2, 0.25) is 0 Å². The molecule has 0 spiro atoms. The van der Waals surface area contributed by atoms with E-state index in [1.165, 1.54) is 14.1 Å². The average Bonchev–Trinajstić information content (AvgIpc) is 3.07. The summed E-state index contributed by atoms with van der Waals surface area (Å²) >= 11 is 0. The van der Waals surface area contributed by atoms with Gasteiger partial charge in [0, 0.05) is 24.9 Å². The zero-order chi connectivity index (χ0) is 17.0. The first-order chi connectivity index (χ1) is 10.9. The fourth-order valence-corrected chi connectivity index (χ4v) is 1.84. The van der Waals surface area contributed by atoms with Crippen LogP contribution in [0.1, 0.15) is 0 Å². The second kappa shape index (κ2) is 6.99. The number of carbonyl (C=O) groups excluding carboxylic acids is 2. The number of hydrogen-bond donors (Lipinski definition) is 4. The highest BCUT2D eigenvalue weighted by molar-refractivity contribution is 5.98. The molecule has 0 aliphatic carbocycles. The van der Waals surface area contributed by atoms with Gasteiger partial charge >= 0.3 is 0 Å². The Morgan fingerprint density at radius 3 is 2.39 bits per heavy atom. The van der Waals surface area contributed by atoms with E-state index in [9.17, 15) is 19.8 Å². The smallest absolute Gasteiger partial charge is 0.256 e. The third-order valence-corrected chi connectivity index (χ3v) is 3.13. The van der Waals surface area contributed by atoms with Crippen LogP contribution in [0.5, 0.6) is 0 Å². The summed E-state index contributed by atoms with van der Waals surface area (Å²) in [7, 11) is 2.84. The van der Waals surface area contributed by atoms with Crippen LogP contribution >= 0.6 is 0 Å². The molecule has 0 aliphatic rings. The maximum absolute atomic E-state index is 11.9. The Morgan fingerprint density at radius 1 is 1.22 bits per heavy atom. The summed E-state index contributed by atoms with van der Waals surface area (Å²) in [4.78, 5) is 24.5. The molecule has 9 heteroatoms. The highest BCUT2D eigenvalue weighted by atomic mass is 16.3. The van der Waals surface area contributed by atoms with Crippen LogP contribution in [0, 0.1) is 0 Å². The minimum absolute atomic E-state index is 0.419. The number of likely N-dealkylation sites (N-methyl/N-ethyl adjacent to an activating group) is 1. The lowest BCUT2D eigenvalue weighted by Gasteiger charge is -2.20.